The predicted molar refractivity (Wildman–Crippen MR) is 121 cm³/mol. The van der Waals surface area contributed by atoms with Crippen LogP contribution < -0.4 is 0 Å². The molecule has 0 spiro atoms. The Hall–Kier alpha value is -2.25. The summed E-state index contributed by atoms with van der Waals surface area (Å²) in [6.45, 7) is 8.89. The third-order valence-corrected chi connectivity index (χ3v) is 6.85. The molecule has 0 aliphatic rings. The van der Waals surface area contributed by atoms with Gasteiger partial charge in [-0.1, -0.05) is 37.6 Å². The van der Waals surface area contributed by atoms with E-state index in [4.69, 9.17) is 4.84 Å². The lowest BCUT2D eigenvalue weighted by atomic mass is 10.1. The summed E-state index contributed by atoms with van der Waals surface area (Å²) in [5.41, 5.74) is 3.84. The standard InChI is InChI=1S/C23H33N3O3S/c1-5-7-8-21-9-11-23(12-10-21)30(27,28)26(6-2)16-14-20(4)25-29-18-22-17-19(3)13-15-24-22/h9-13,15,17H,5-8,14,16,18H2,1-4H3/b25-20-. The van der Waals surface area contributed by atoms with Gasteiger partial charge in [-0.3, -0.25) is 4.98 Å². The molecule has 0 atom stereocenters. The Morgan fingerprint density at radius 2 is 1.90 bits per heavy atom. The minimum Gasteiger partial charge on any atom is -0.389 e. The maximum atomic E-state index is 13.0. The average Bonchev–Trinajstić information content (AvgIpc) is 2.73. The third kappa shape index (κ3) is 7.22. The van der Waals surface area contributed by atoms with Crippen molar-refractivity contribution in [3.8, 4) is 0 Å². The summed E-state index contributed by atoms with van der Waals surface area (Å²) < 4.78 is 27.4. The van der Waals surface area contributed by atoms with E-state index in [2.05, 4.69) is 17.1 Å². The molecule has 2 rings (SSSR count). The highest BCUT2D eigenvalue weighted by atomic mass is 32.2. The van der Waals surface area contributed by atoms with Crippen LogP contribution >= 0.6 is 0 Å². The highest BCUT2D eigenvalue weighted by molar-refractivity contribution is 7.89. The number of benzene rings is 1. The molecule has 0 saturated carbocycles. The highest BCUT2D eigenvalue weighted by Crippen LogP contribution is 2.18. The van der Waals surface area contributed by atoms with E-state index in [-0.39, 0.29) is 0 Å². The second-order valence-electron chi connectivity index (χ2n) is 7.42. The van der Waals surface area contributed by atoms with E-state index in [9.17, 15) is 8.42 Å². The number of sulfonamides is 1. The smallest absolute Gasteiger partial charge is 0.243 e. The Morgan fingerprint density at radius 1 is 1.17 bits per heavy atom. The van der Waals surface area contributed by atoms with Crippen molar-refractivity contribution in [1.29, 1.82) is 0 Å². The van der Waals surface area contributed by atoms with Gasteiger partial charge in [0.05, 0.1) is 16.3 Å². The van der Waals surface area contributed by atoms with Crippen LogP contribution in [0.2, 0.25) is 0 Å². The maximum absolute atomic E-state index is 13.0. The Bertz CT molecular complexity index is 925. The number of oxime groups is 1. The molecule has 1 heterocycles. The van der Waals surface area contributed by atoms with Gasteiger partial charge in [0.1, 0.15) is 0 Å². The van der Waals surface area contributed by atoms with Gasteiger partial charge in [-0.2, -0.15) is 4.31 Å². The first-order valence-electron chi connectivity index (χ1n) is 10.5. The van der Waals surface area contributed by atoms with Gasteiger partial charge in [0, 0.05) is 25.7 Å². The number of hydrogen-bond donors (Lipinski definition) is 0. The zero-order chi connectivity index (χ0) is 22.0. The van der Waals surface area contributed by atoms with Crippen LogP contribution in [0.4, 0.5) is 0 Å². The number of rotatable bonds is 12. The van der Waals surface area contributed by atoms with Crippen molar-refractivity contribution >= 4 is 15.7 Å². The van der Waals surface area contributed by atoms with Crippen LogP contribution in [0, 0.1) is 6.92 Å². The van der Waals surface area contributed by atoms with Crippen molar-refractivity contribution in [3.63, 3.8) is 0 Å². The van der Waals surface area contributed by atoms with E-state index in [1.807, 2.05) is 45.0 Å². The predicted octanol–water partition coefficient (Wildman–Crippen LogP) is 4.73. The summed E-state index contributed by atoms with van der Waals surface area (Å²) in [4.78, 5) is 9.94. The first-order chi connectivity index (χ1) is 14.4. The summed E-state index contributed by atoms with van der Waals surface area (Å²) in [5, 5.41) is 4.11. The lowest BCUT2D eigenvalue weighted by Crippen LogP contribution is -2.32. The van der Waals surface area contributed by atoms with Crippen LogP contribution in [0.15, 0.2) is 52.6 Å². The van der Waals surface area contributed by atoms with Gasteiger partial charge < -0.3 is 4.84 Å². The van der Waals surface area contributed by atoms with Gasteiger partial charge in [-0.25, -0.2) is 8.42 Å². The van der Waals surface area contributed by atoms with Crippen LogP contribution in [-0.4, -0.2) is 36.5 Å². The molecule has 2 aromatic rings. The Kier molecular flexibility index (Phi) is 9.46. The monoisotopic (exact) mass is 431 g/mol. The molecule has 1 aromatic heterocycles. The van der Waals surface area contributed by atoms with Crippen molar-refractivity contribution < 1.29 is 13.3 Å². The molecule has 7 heteroatoms. The number of aromatic nitrogens is 1. The van der Waals surface area contributed by atoms with E-state index in [0.29, 0.717) is 31.0 Å². The molecular formula is C23H33N3O3S. The first kappa shape index (κ1) is 24.0. The zero-order valence-corrected chi connectivity index (χ0v) is 19.3. The van der Waals surface area contributed by atoms with Gasteiger partial charge in [-0.05, 0) is 62.1 Å². The molecule has 30 heavy (non-hydrogen) atoms. The van der Waals surface area contributed by atoms with Crippen molar-refractivity contribution in [3.05, 3.63) is 59.4 Å². The number of aryl methyl sites for hydroxylation is 2. The summed E-state index contributed by atoms with van der Waals surface area (Å²) in [5.74, 6) is 0. The topological polar surface area (TPSA) is 71.9 Å². The summed E-state index contributed by atoms with van der Waals surface area (Å²) in [7, 11) is -3.52. The minimum absolute atomic E-state index is 0.291. The van der Waals surface area contributed by atoms with Crippen molar-refractivity contribution in [2.24, 2.45) is 5.16 Å². The fourth-order valence-corrected chi connectivity index (χ4v) is 4.47. The van der Waals surface area contributed by atoms with Gasteiger partial charge in [0.2, 0.25) is 10.0 Å². The van der Waals surface area contributed by atoms with E-state index in [1.165, 1.54) is 9.87 Å². The fraction of sp³-hybridized carbons (Fsp3) is 0.478. The molecule has 0 saturated heterocycles. The third-order valence-electron chi connectivity index (χ3n) is 4.86. The number of pyridine rings is 1. The molecule has 0 aliphatic carbocycles. The largest absolute Gasteiger partial charge is 0.389 e. The fourth-order valence-electron chi connectivity index (χ4n) is 3.02. The van der Waals surface area contributed by atoms with E-state index >= 15 is 0 Å². The Morgan fingerprint density at radius 3 is 2.53 bits per heavy atom. The van der Waals surface area contributed by atoms with Crippen molar-refractivity contribution in [2.75, 3.05) is 13.1 Å². The van der Waals surface area contributed by atoms with Crippen LogP contribution in [-0.2, 0) is 27.9 Å². The van der Waals surface area contributed by atoms with Crippen LogP contribution in [0.1, 0.15) is 56.9 Å². The number of unbranched alkanes of at least 4 members (excludes halogenated alkanes) is 1. The van der Waals surface area contributed by atoms with E-state index < -0.39 is 10.0 Å². The van der Waals surface area contributed by atoms with Crippen LogP contribution in [0.3, 0.4) is 0 Å². The van der Waals surface area contributed by atoms with Gasteiger partial charge in [-0.15, -0.1) is 0 Å². The summed E-state index contributed by atoms with van der Waals surface area (Å²) >= 11 is 0. The van der Waals surface area contributed by atoms with E-state index in [1.54, 1.807) is 18.3 Å². The molecule has 0 radical (unpaired) electrons. The molecular weight excluding hydrogens is 398 g/mol. The van der Waals surface area contributed by atoms with E-state index in [0.717, 1.165) is 36.2 Å². The quantitative estimate of drug-likeness (QED) is 0.360. The molecule has 0 aliphatic heterocycles. The van der Waals surface area contributed by atoms with Crippen molar-refractivity contribution in [2.45, 2.75) is 64.9 Å². The van der Waals surface area contributed by atoms with Gasteiger partial charge in [0.15, 0.2) is 6.61 Å². The molecule has 164 valence electrons. The minimum atomic E-state index is -3.52. The molecule has 0 unspecified atom stereocenters. The maximum Gasteiger partial charge on any atom is 0.243 e. The number of nitrogens with zero attached hydrogens (tertiary/aromatic N) is 3. The second-order valence-corrected chi connectivity index (χ2v) is 9.36. The molecule has 0 amide bonds. The lowest BCUT2D eigenvalue weighted by molar-refractivity contribution is 0.127. The molecule has 0 fully saturated rings. The van der Waals surface area contributed by atoms with Gasteiger partial charge in [0.25, 0.3) is 0 Å². The molecule has 6 nitrogen and oxygen atoms in total. The molecule has 1 aromatic carbocycles. The highest BCUT2D eigenvalue weighted by Gasteiger charge is 2.22. The Balaban J connectivity index is 1.92. The first-order valence-corrected chi connectivity index (χ1v) is 12.0. The lowest BCUT2D eigenvalue weighted by Gasteiger charge is -2.20. The Labute approximate surface area is 181 Å². The second kappa shape index (κ2) is 11.8. The summed E-state index contributed by atoms with van der Waals surface area (Å²) in [6.07, 6.45) is 5.44. The van der Waals surface area contributed by atoms with Gasteiger partial charge >= 0.3 is 0 Å². The molecule has 0 bridgehead atoms. The average molecular weight is 432 g/mol. The normalized spacial score (nSPS) is 12.4. The summed E-state index contributed by atoms with van der Waals surface area (Å²) in [6, 6.07) is 11.1. The zero-order valence-electron chi connectivity index (χ0n) is 18.5. The van der Waals surface area contributed by atoms with Crippen LogP contribution in [0.5, 0.6) is 0 Å². The van der Waals surface area contributed by atoms with Crippen LogP contribution in [0.25, 0.3) is 0 Å². The molecule has 0 N–H and O–H groups in total. The SMILES string of the molecule is CCCCc1ccc(S(=O)(=O)N(CC)CC/C(C)=N\OCc2cc(C)ccn2)cc1. The van der Waals surface area contributed by atoms with Crippen molar-refractivity contribution in [1.82, 2.24) is 9.29 Å². The number of hydrogen-bond acceptors (Lipinski definition) is 5.